The van der Waals surface area contributed by atoms with E-state index in [0.29, 0.717) is 23.1 Å². The summed E-state index contributed by atoms with van der Waals surface area (Å²) in [6, 6.07) is 4.84. The van der Waals surface area contributed by atoms with Gasteiger partial charge in [0.25, 0.3) is 5.91 Å². The third-order valence-electron chi connectivity index (χ3n) is 6.54. The second-order valence-corrected chi connectivity index (χ2v) is 9.61. The van der Waals surface area contributed by atoms with Gasteiger partial charge in [-0.3, -0.25) is 4.79 Å². The Morgan fingerprint density at radius 1 is 1.28 bits per heavy atom. The fraction of sp³-hybridized carbons (Fsp3) is 0.591. The van der Waals surface area contributed by atoms with Crippen LogP contribution in [0.1, 0.15) is 56.8 Å². The van der Waals surface area contributed by atoms with Crippen LogP contribution in [-0.4, -0.2) is 45.5 Å². The van der Waals surface area contributed by atoms with Gasteiger partial charge in [-0.15, -0.1) is 5.10 Å². The second kappa shape index (κ2) is 7.67. The van der Waals surface area contributed by atoms with E-state index >= 15 is 0 Å². The molecule has 2 aliphatic rings. The van der Waals surface area contributed by atoms with Crippen LogP contribution in [0.3, 0.4) is 0 Å². The van der Waals surface area contributed by atoms with Crippen molar-refractivity contribution in [3.8, 4) is 11.7 Å². The monoisotopic (exact) mass is 451 g/mol. The molecular weight excluding hydrogens is 423 g/mol. The van der Waals surface area contributed by atoms with Gasteiger partial charge in [-0.05, 0) is 57.6 Å². The average molecular weight is 451 g/mol. The molecule has 1 amide bonds. The molecule has 1 saturated carbocycles. The van der Waals surface area contributed by atoms with Gasteiger partial charge in [-0.25, -0.2) is 9.67 Å². The van der Waals surface area contributed by atoms with Crippen LogP contribution in [0.25, 0.3) is 5.82 Å². The van der Waals surface area contributed by atoms with Crippen molar-refractivity contribution >= 4 is 11.7 Å². The number of hydrogen-bond acceptors (Lipinski definition) is 5. The molecule has 0 spiro atoms. The van der Waals surface area contributed by atoms with Crippen LogP contribution in [0.5, 0.6) is 5.88 Å². The largest absolute Gasteiger partial charge is 0.477 e. The van der Waals surface area contributed by atoms with E-state index < -0.39 is 17.5 Å². The van der Waals surface area contributed by atoms with Gasteiger partial charge in [-0.2, -0.15) is 13.2 Å². The highest BCUT2D eigenvalue weighted by atomic mass is 19.4. The molecule has 2 aromatic heterocycles. The van der Waals surface area contributed by atoms with Crippen LogP contribution in [0.4, 0.5) is 19.0 Å². The maximum atomic E-state index is 13.1. The van der Waals surface area contributed by atoms with Crippen LogP contribution in [0.2, 0.25) is 0 Å². The summed E-state index contributed by atoms with van der Waals surface area (Å²) >= 11 is 0. The van der Waals surface area contributed by atoms with Gasteiger partial charge < -0.3 is 15.4 Å². The van der Waals surface area contributed by atoms with Gasteiger partial charge in [0.1, 0.15) is 5.82 Å². The predicted molar refractivity (Wildman–Crippen MR) is 113 cm³/mol. The van der Waals surface area contributed by atoms with Crippen LogP contribution in [0, 0.1) is 11.3 Å². The number of pyridine rings is 1. The Balaban J connectivity index is 1.52. The molecule has 1 atom stereocenters. The van der Waals surface area contributed by atoms with Crippen molar-refractivity contribution in [3.63, 3.8) is 0 Å². The molecule has 1 aliphatic heterocycles. The Bertz CT molecular complexity index is 1010. The molecule has 4 rings (SSSR count). The lowest BCUT2D eigenvalue weighted by atomic mass is 9.97. The van der Waals surface area contributed by atoms with E-state index in [-0.39, 0.29) is 37.3 Å². The first-order chi connectivity index (χ1) is 14.9. The topological polar surface area (TPSA) is 86.3 Å². The fourth-order valence-corrected chi connectivity index (χ4v) is 4.61. The molecular formula is C22H28F3N5O2. The highest BCUT2D eigenvalue weighted by Crippen LogP contribution is 2.59. The van der Waals surface area contributed by atoms with Crippen molar-refractivity contribution in [1.29, 1.82) is 0 Å². The number of carbonyl (C=O) groups is 1. The minimum absolute atomic E-state index is 0.0599. The summed E-state index contributed by atoms with van der Waals surface area (Å²) < 4.78 is 46.1. The second-order valence-electron chi connectivity index (χ2n) is 9.61. The van der Waals surface area contributed by atoms with Crippen molar-refractivity contribution in [2.75, 3.05) is 18.1 Å². The first-order valence-corrected chi connectivity index (χ1v) is 10.8. The molecule has 0 aromatic carbocycles. The lowest BCUT2D eigenvalue weighted by molar-refractivity contribution is -0.190. The molecule has 32 heavy (non-hydrogen) atoms. The average Bonchev–Trinajstić information content (AvgIpc) is 3.25. The van der Waals surface area contributed by atoms with E-state index in [4.69, 9.17) is 10.5 Å². The number of carbonyl (C=O) groups excluding carboxylic acids is 1. The molecule has 1 saturated heterocycles. The maximum Gasteiger partial charge on any atom is 0.394 e. The maximum absolute atomic E-state index is 13.1. The summed E-state index contributed by atoms with van der Waals surface area (Å²) in [5, 5.41) is 4.29. The molecule has 3 heterocycles. The summed E-state index contributed by atoms with van der Waals surface area (Å²) in [5.41, 5.74) is 4.14. The minimum Gasteiger partial charge on any atom is -0.477 e. The van der Waals surface area contributed by atoms with Crippen LogP contribution < -0.4 is 15.4 Å². The number of ether oxygens (including phenoxy) is 1. The zero-order chi connectivity index (χ0) is 23.3. The lowest BCUT2D eigenvalue weighted by Gasteiger charge is -2.33. The van der Waals surface area contributed by atoms with Crippen LogP contribution in [0.15, 0.2) is 24.4 Å². The first-order valence-electron chi connectivity index (χ1n) is 10.8. The van der Waals surface area contributed by atoms with Gasteiger partial charge in [-0.1, -0.05) is 6.92 Å². The number of halogens is 3. The molecule has 7 nitrogen and oxygen atoms in total. The number of aromatic nitrogens is 3. The van der Waals surface area contributed by atoms with Crippen molar-refractivity contribution < 1.29 is 22.7 Å². The molecule has 2 N–H and O–H groups in total. The number of hydrogen-bond donors (Lipinski definition) is 1. The molecule has 0 radical (unpaired) electrons. The van der Waals surface area contributed by atoms with Crippen LogP contribution in [-0.2, 0) is 0 Å². The van der Waals surface area contributed by atoms with Crippen molar-refractivity contribution in [3.05, 3.63) is 30.0 Å². The van der Waals surface area contributed by atoms with Gasteiger partial charge in [0.2, 0.25) is 5.88 Å². The normalized spacial score (nSPS) is 21.6. The SMILES string of the molecule is C[C@@H]1CN(c2nc(-n3ccc(OCCC4(C(F)(F)F)CC4)n3)ccc2C(N)=O)C(C)(C)C1. The quantitative estimate of drug-likeness (QED) is 0.685. The Morgan fingerprint density at radius 2 is 2.00 bits per heavy atom. The Labute approximate surface area is 184 Å². The smallest absolute Gasteiger partial charge is 0.394 e. The molecule has 174 valence electrons. The van der Waals surface area contributed by atoms with Gasteiger partial charge in [0, 0.05) is 24.3 Å². The lowest BCUT2D eigenvalue weighted by Crippen LogP contribution is -2.40. The third kappa shape index (κ3) is 4.14. The van der Waals surface area contributed by atoms with E-state index in [9.17, 15) is 18.0 Å². The van der Waals surface area contributed by atoms with Crippen molar-refractivity contribution in [2.24, 2.45) is 17.1 Å². The summed E-state index contributed by atoms with van der Waals surface area (Å²) in [6.45, 7) is 7.04. The number of nitrogens with zero attached hydrogens (tertiary/aromatic N) is 4. The van der Waals surface area contributed by atoms with E-state index in [1.54, 1.807) is 24.4 Å². The number of anilines is 1. The zero-order valence-corrected chi connectivity index (χ0v) is 18.4. The van der Waals surface area contributed by atoms with E-state index in [1.807, 2.05) is 0 Å². The van der Waals surface area contributed by atoms with E-state index in [0.717, 1.165) is 13.0 Å². The molecule has 2 aromatic rings. The standard InChI is InChI=1S/C22H28F3N5O2/c1-14-12-20(2,3)29(13-14)19-15(18(26)31)4-5-16(27-19)30-10-6-17(28-30)32-11-9-21(7-8-21)22(23,24)25/h4-6,10,14H,7-9,11-13H2,1-3H3,(H2,26,31)/t14-/m0/s1. The Hall–Kier alpha value is -2.78. The zero-order valence-electron chi connectivity index (χ0n) is 18.4. The van der Waals surface area contributed by atoms with Gasteiger partial charge in [0.15, 0.2) is 5.82 Å². The molecule has 0 bridgehead atoms. The number of alkyl halides is 3. The number of nitrogens with two attached hydrogens (primary N) is 1. The van der Waals surface area contributed by atoms with E-state index in [1.165, 1.54) is 4.68 Å². The van der Waals surface area contributed by atoms with Crippen LogP contribution >= 0.6 is 0 Å². The summed E-state index contributed by atoms with van der Waals surface area (Å²) in [5.74, 6) is 1.07. The molecule has 0 unspecified atom stereocenters. The molecule has 1 aliphatic carbocycles. The Morgan fingerprint density at radius 3 is 2.56 bits per heavy atom. The van der Waals surface area contributed by atoms with Gasteiger partial charge in [0.05, 0.1) is 17.6 Å². The number of primary amides is 1. The Kier molecular flexibility index (Phi) is 5.37. The highest BCUT2D eigenvalue weighted by Gasteiger charge is 2.62. The minimum atomic E-state index is -4.20. The fourth-order valence-electron chi connectivity index (χ4n) is 4.61. The predicted octanol–water partition coefficient (Wildman–Crippen LogP) is 4.10. The highest BCUT2D eigenvalue weighted by molar-refractivity contribution is 5.98. The number of amides is 1. The van der Waals surface area contributed by atoms with Crippen molar-refractivity contribution in [2.45, 2.75) is 58.2 Å². The number of rotatable bonds is 7. The van der Waals surface area contributed by atoms with Crippen molar-refractivity contribution in [1.82, 2.24) is 14.8 Å². The van der Waals surface area contributed by atoms with E-state index in [2.05, 4.69) is 35.8 Å². The third-order valence-corrected chi connectivity index (χ3v) is 6.54. The molecule has 2 fully saturated rings. The molecule has 10 heteroatoms. The first kappa shape index (κ1) is 22.4. The van der Waals surface area contributed by atoms with Gasteiger partial charge >= 0.3 is 6.18 Å². The summed E-state index contributed by atoms with van der Waals surface area (Å²) in [4.78, 5) is 18.8. The summed E-state index contributed by atoms with van der Waals surface area (Å²) in [7, 11) is 0. The summed E-state index contributed by atoms with van der Waals surface area (Å²) in [6.07, 6.45) is -1.40.